The first-order valence-corrected chi connectivity index (χ1v) is 2.66. The lowest BCUT2D eigenvalue weighted by Crippen LogP contribution is -2.06. The highest BCUT2D eigenvalue weighted by atomic mass is 16.5. The van der Waals surface area contributed by atoms with Crippen molar-refractivity contribution < 1.29 is 9.53 Å². The molecule has 0 saturated carbocycles. The van der Waals surface area contributed by atoms with Crippen molar-refractivity contribution in [3.63, 3.8) is 0 Å². The molecule has 8 heavy (non-hydrogen) atoms. The summed E-state index contributed by atoms with van der Waals surface area (Å²) in [4.78, 5) is 10.4. The van der Waals surface area contributed by atoms with Gasteiger partial charge in [0, 0.05) is 6.42 Å². The Balaban J connectivity index is 2.57. The fourth-order valence-corrected chi connectivity index (χ4v) is 0.666. The van der Waals surface area contributed by atoms with Crippen molar-refractivity contribution in [2.45, 2.75) is 19.8 Å². The quantitative estimate of drug-likeness (QED) is 0.440. The van der Waals surface area contributed by atoms with E-state index < -0.39 is 0 Å². The Labute approximate surface area is 48.1 Å². The van der Waals surface area contributed by atoms with Crippen LogP contribution in [0.1, 0.15) is 19.8 Å². The topological polar surface area (TPSA) is 26.3 Å². The molecule has 1 rings (SSSR count). The molecule has 0 fully saturated rings. The van der Waals surface area contributed by atoms with Gasteiger partial charge in [0.05, 0.1) is 0 Å². The lowest BCUT2D eigenvalue weighted by atomic mass is 10.2. The van der Waals surface area contributed by atoms with Crippen LogP contribution in [0.2, 0.25) is 0 Å². The van der Waals surface area contributed by atoms with Gasteiger partial charge in [0.2, 0.25) is 0 Å². The van der Waals surface area contributed by atoms with Crippen LogP contribution in [-0.2, 0) is 9.53 Å². The highest BCUT2D eigenvalue weighted by Gasteiger charge is 2.06. The zero-order valence-electron chi connectivity index (χ0n) is 4.81. The molecule has 0 amide bonds. The molecule has 1 aliphatic heterocycles. The van der Waals surface area contributed by atoms with E-state index in [0.717, 1.165) is 12.2 Å². The van der Waals surface area contributed by atoms with Gasteiger partial charge < -0.3 is 4.74 Å². The van der Waals surface area contributed by atoms with Crippen molar-refractivity contribution in [1.82, 2.24) is 0 Å². The predicted octanol–water partition coefficient (Wildman–Crippen LogP) is 1.23. The van der Waals surface area contributed by atoms with Gasteiger partial charge in [-0.1, -0.05) is 0 Å². The van der Waals surface area contributed by atoms with Crippen molar-refractivity contribution in [3.05, 3.63) is 11.8 Å². The molecule has 1 aliphatic rings. The summed E-state index contributed by atoms with van der Waals surface area (Å²) in [7, 11) is 0. The number of carbonyl (C=O) groups excluding carboxylic acids is 1. The molecule has 0 aromatic heterocycles. The SMILES string of the molecule is CC1=CCCC(=O)O1. The number of ether oxygens (including phenoxy) is 1. The zero-order valence-corrected chi connectivity index (χ0v) is 4.81. The molecule has 0 aromatic rings. The third-order valence-corrected chi connectivity index (χ3v) is 1.06. The summed E-state index contributed by atoms with van der Waals surface area (Å²) in [5, 5.41) is 0. The Morgan fingerprint density at radius 1 is 1.75 bits per heavy atom. The van der Waals surface area contributed by atoms with E-state index in [9.17, 15) is 4.79 Å². The molecule has 0 spiro atoms. The van der Waals surface area contributed by atoms with Crippen molar-refractivity contribution in [2.75, 3.05) is 0 Å². The molecule has 0 aromatic carbocycles. The summed E-state index contributed by atoms with van der Waals surface area (Å²) in [5.41, 5.74) is 0. The van der Waals surface area contributed by atoms with Crippen LogP contribution in [0.3, 0.4) is 0 Å². The average Bonchev–Trinajstić information content (AvgIpc) is 1.64. The molecule has 0 N–H and O–H groups in total. The Morgan fingerprint density at radius 2 is 2.50 bits per heavy atom. The van der Waals surface area contributed by atoms with E-state index in [1.807, 2.05) is 6.08 Å². The smallest absolute Gasteiger partial charge is 0.311 e. The summed E-state index contributed by atoms with van der Waals surface area (Å²) < 4.78 is 4.71. The molecule has 0 saturated heterocycles. The maximum absolute atomic E-state index is 10.4. The van der Waals surface area contributed by atoms with Crippen LogP contribution in [0.4, 0.5) is 0 Å². The van der Waals surface area contributed by atoms with Gasteiger partial charge in [-0.15, -0.1) is 0 Å². The van der Waals surface area contributed by atoms with E-state index >= 15 is 0 Å². The number of esters is 1. The minimum atomic E-state index is -0.106. The van der Waals surface area contributed by atoms with Crippen LogP contribution in [0.25, 0.3) is 0 Å². The van der Waals surface area contributed by atoms with Crippen molar-refractivity contribution in [2.24, 2.45) is 0 Å². The number of carbonyl (C=O) groups is 1. The summed E-state index contributed by atoms with van der Waals surface area (Å²) in [6.45, 7) is 1.79. The normalized spacial score (nSPS) is 19.6. The highest BCUT2D eigenvalue weighted by Crippen LogP contribution is 2.08. The maximum atomic E-state index is 10.4. The van der Waals surface area contributed by atoms with Crippen LogP contribution >= 0.6 is 0 Å². The van der Waals surface area contributed by atoms with Gasteiger partial charge in [-0.2, -0.15) is 0 Å². The fraction of sp³-hybridized carbons (Fsp3) is 0.500. The summed E-state index contributed by atoms with van der Waals surface area (Å²) in [6.07, 6.45) is 3.30. The van der Waals surface area contributed by atoms with E-state index in [-0.39, 0.29) is 5.97 Å². The standard InChI is InChI=1S/C6H8O2/c1-5-3-2-4-6(7)8-5/h3H,2,4H2,1H3. The maximum Gasteiger partial charge on any atom is 0.311 e. The number of rotatable bonds is 0. The van der Waals surface area contributed by atoms with Crippen molar-refractivity contribution in [1.29, 1.82) is 0 Å². The molecule has 0 aliphatic carbocycles. The zero-order chi connectivity index (χ0) is 5.98. The molecule has 0 bridgehead atoms. The summed E-state index contributed by atoms with van der Waals surface area (Å²) >= 11 is 0. The summed E-state index contributed by atoms with van der Waals surface area (Å²) in [5.74, 6) is 0.631. The van der Waals surface area contributed by atoms with Gasteiger partial charge in [0.1, 0.15) is 5.76 Å². The van der Waals surface area contributed by atoms with Gasteiger partial charge in [-0.05, 0) is 19.4 Å². The highest BCUT2D eigenvalue weighted by molar-refractivity contribution is 5.71. The van der Waals surface area contributed by atoms with Gasteiger partial charge in [0.25, 0.3) is 0 Å². The average molecular weight is 112 g/mol. The lowest BCUT2D eigenvalue weighted by molar-refractivity contribution is -0.140. The molecular weight excluding hydrogens is 104 g/mol. The second-order valence-electron chi connectivity index (χ2n) is 1.83. The number of cyclic esters (lactones) is 1. The fourth-order valence-electron chi connectivity index (χ4n) is 0.666. The van der Waals surface area contributed by atoms with Gasteiger partial charge >= 0.3 is 5.97 Å². The largest absolute Gasteiger partial charge is 0.432 e. The minimum Gasteiger partial charge on any atom is -0.432 e. The van der Waals surface area contributed by atoms with Gasteiger partial charge in [-0.25, -0.2) is 0 Å². The van der Waals surface area contributed by atoms with Crippen molar-refractivity contribution in [3.8, 4) is 0 Å². The molecule has 44 valence electrons. The Morgan fingerprint density at radius 3 is 2.88 bits per heavy atom. The molecule has 2 nitrogen and oxygen atoms in total. The monoisotopic (exact) mass is 112 g/mol. The number of hydrogen-bond acceptors (Lipinski definition) is 2. The minimum absolute atomic E-state index is 0.106. The van der Waals surface area contributed by atoms with Gasteiger partial charge in [0.15, 0.2) is 0 Å². The predicted molar refractivity (Wildman–Crippen MR) is 29.1 cm³/mol. The van der Waals surface area contributed by atoms with Crippen LogP contribution in [-0.4, -0.2) is 5.97 Å². The van der Waals surface area contributed by atoms with E-state index in [2.05, 4.69) is 0 Å². The lowest BCUT2D eigenvalue weighted by Gasteiger charge is -2.07. The third-order valence-electron chi connectivity index (χ3n) is 1.06. The second kappa shape index (κ2) is 1.99. The second-order valence-corrected chi connectivity index (χ2v) is 1.83. The number of allylic oxidation sites excluding steroid dienone is 2. The summed E-state index contributed by atoms with van der Waals surface area (Å²) in [6, 6.07) is 0. The molecule has 1 heterocycles. The van der Waals surface area contributed by atoms with Crippen LogP contribution in [0.15, 0.2) is 11.8 Å². The Kier molecular flexibility index (Phi) is 1.33. The molecule has 0 unspecified atom stereocenters. The third kappa shape index (κ3) is 1.09. The molecular formula is C6H8O2. The van der Waals surface area contributed by atoms with E-state index in [1.165, 1.54) is 0 Å². The number of hydrogen-bond donors (Lipinski definition) is 0. The molecule has 0 atom stereocenters. The van der Waals surface area contributed by atoms with E-state index in [0.29, 0.717) is 6.42 Å². The first kappa shape index (κ1) is 5.35. The molecule has 2 heteroatoms. The van der Waals surface area contributed by atoms with Crippen LogP contribution < -0.4 is 0 Å². The first-order chi connectivity index (χ1) is 3.79. The Hall–Kier alpha value is -0.790. The van der Waals surface area contributed by atoms with E-state index in [1.54, 1.807) is 6.92 Å². The van der Waals surface area contributed by atoms with Crippen LogP contribution in [0.5, 0.6) is 0 Å². The Bertz CT molecular complexity index is 135. The van der Waals surface area contributed by atoms with Crippen LogP contribution in [0, 0.1) is 0 Å². The van der Waals surface area contributed by atoms with Crippen molar-refractivity contribution >= 4 is 5.97 Å². The van der Waals surface area contributed by atoms with Gasteiger partial charge in [-0.3, -0.25) is 4.79 Å². The first-order valence-electron chi connectivity index (χ1n) is 2.66. The molecule has 0 radical (unpaired) electrons. The van der Waals surface area contributed by atoms with E-state index in [4.69, 9.17) is 4.74 Å².